The molecular formula is C18H10Cl4FN3S. The van der Waals surface area contributed by atoms with Crippen molar-refractivity contribution in [2.75, 3.05) is 5.01 Å². The van der Waals surface area contributed by atoms with Gasteiger partial charge in [-0.1, -0.05) is 58.5 Å². The maximum atomic E-state index is 13.3. The zero-order chi connectivity index (χ0) is 19.1. The molecule has 0 aliphatic carbocycles. The molecule has 138 valence electrons. The first-order valence-electron chi connectivity index (χ1n) is 7.81. The van der Waals surface area contributed by atoms with E-state index in [1.165, 1.54) is 23.5 Å². The fraction of sp³-hybridized carbons (Fsp3) is 0.111. The predicted molar refractivity (Wildman–Crippen MR) is 111 cm³/mol. The van der Waals surface area contributed by atoms with Gasteiger partial charge in [0.25, 0.3) is 0 Å². The molecule has 0 bridgehead atoms. The highest BCUT2D eigenvalue weighted by Gasteiger charge is 2.33. The summed E-state index contributed by atoms with van der Waals surface area (Å²) < 4.78 is 13.6. The van der Waals surface area contributed by atoms with Crippen molar-refractivity contribution in [1.82, 2.24) is 4.98 Å². The molecular weight excluding hydrogens is 451 g/mol. The van der Waals surface area contributed by atoms with Crippen molar-refractivity contribution >= 4 is 69.1 Å². The van der Waals surface area contributed by atoms with Gasteiger partial charge in [-0.25, -0.2) is 9.37 Å². The van der Waals surface area contributed by atoms with Crippen LogP contribution in [0.3, 0.4) is 0 Å². The van der Waals surface area contributed by atoms with E-state index < -0.39 is 0 Å². The molecule has 1 aliphatic heterocycles. The Balaban J connectivity index is 1.80. The van der Waals surface area contributed by atoms with E-state index in [1.54, 1.807) is 35.3 Å². The summed E-state index contributed by atoms with van der Waals surface area (Å²) in [6.07, 6.45) is 0.550. The number of hydrazone groups is 1. The maximum absolute atomic E-state index is 13.3. The average molecular weight is 461 g/mol. The minimum atomic E-state index is -0.301. The van der Waals surface area contributed by atoms with E-state index in [-0.39, 0.29) is 11.9 Å². The molecule has 1 aliphatic rings. The molecule has 0 saturated heterocycles. The molecule has 1 atom stereocenters. The fourth-order valence-corrected chi connectivity index (χ4v) is 4.97. The molecule has 0 N–H and O–H groups in total. The lowest BCUT2D eigenvalue weighted by Crippen LogP contribution is -2.18. The Morgan fingerprint density at radius 3 is 2.26 bits per heavy atom. The first-order valence-corrected chi connectivity index (χ1v) is 10.1. The number of rotatable bonds is 3. The van der Waals surface area contributed by atoms with Gasteiger partial charge in [0.15, 0.2) is 4.47 Å². The molecule has 0 saturated carbocycles. The van der Waals surface area contributed by atoms with Crippen LogP contribution in [0.2, 0.25) is 19.7 Å². The Bertz CT molecular complexity index is 1020. The Labute approximate surface area is 178 Å². The van der Waals surface area contributed by atoms with Crippen LogP contribution < -0.4 is 5.01 Å². The second kappa shape index (κ2) is 7.57. The molecule has 0 amide bonds. The van der Waals surface area contributed by atoms with Crippen LogP contribution in [0, 0.1) is 5.82 Å². The van der Waals surface area contributed by atoms with Crippen molar-refractivity contribution in [2.45, 2.75) is 12.5 Å². The number of nitrogens with zero attached hydrogens (tertiary/aromatic N) is 3. The number of benzene rings is 2. The molecule has 0 radical (unpaired) electrons. The van der Waals surface area contributed by atoms with Crippen LogP contribution >= 0.6 is 57.7 Å². The Morgan fingerprint density at radius 2 is 1.67 bits per heavy atom. The van der Waals surface area contributed by atoms with Crippen molar-refractivity contribution < 1.29 is 4.39 Å². The van der Waals surface area contributed by atoms with Crippen LogP contribution in [-0.4, -0.2) is 10.7 Å². The van der Waals surface area contributed by atoms with Crippen LogP contribution in [0.15, 0.2) is 47.6 Å². The standard InChI is InChI=1S/C18H10Cl4FN3S/c19-10-5-11(20)7-13(6-10)26-15(16-17(21)24-18(22)27-16)8-14(25-26)9-1-3-12(23)4-2-9/h1-7,15H,8H2. The summed E-state index contributed by atoms with van der Waals surface area (Å²) in [4.78, 5) is 4.89. The van der Waals surface area contributed by atoms with Gasteiger partial charge in [0.1, 0.15) is 11.0 Å². The van der Waals surface area contributed by atoms with Gasteiger partial charge in [0.05, 0.1) is 22.3 Å². The number of hydrogen-bond donors (Lipinski definition) is 0. The van der Waals surface area contributed by atoms with Crippen molar-refractivity contribution in [1.29, 1.82) is 0 Å². The van der Waals surface area contributed by atoms with Gasteiger partial charge < -0.3 is 0 Å². The number of anilines is 1. The lowest BCUT2D eigenvalue weighted by atomic mass is 10.0. The second-order valence-electron chi connectivity index (χ2n) is 5.87. The van der Waals surface area contributed by atoms with E-state index in [9.17, 15) is 4.39 Å². The SMILES string of the molecule is Fc1ccc(C2=NN(c3cc(Cl)cc(Cl)c3)C(c3sc(Cl)nc3Cl)C2)cc1. The molecule has 2 heterocycles. The van der Waals surface area contributed by atoms with E-state index in [1.807, 2.05) is 0 Å². The highest BCUT2D eigenvalue weighted by Crippen LogP contribution is 2.43. The van der Waals surface area contributed by atoms with Gasteiger partial charge in [-0.2, -0.15) is 5.10 Å². The zero-order valence-electron chi connectivity index (χ0n) is 13.5. The lowest BCUT2D eigenvalue weighted by Gasteiger charge is -2.23. The second-order valence-corrected chi connectivity index (χ2v) is 8.71. The van der Waals surface area contributed by atoms with Crippen molar-refractivity contribution in [2.24, 2.45) is 5.10 Å². The molecule has 1 aromatic heterocycles. The molecule has 0 spiro atoms. The minimum Gasteiger partial charge on any atom is -0.256 e. The molecule has 3 nitrogen and oxygen atoms in total. The predicted octanol–water partition coefficient (Wildman–Crippen LogP) is 7.25. The van der Waals surface area contributed by atoms with E-state index in [0.717, 1.165) is 21.8 Å². The molecule has 27 heavy (non-hydrogen) atoms. The van der Waals surface area contributed by atoms with Crippen LogP contribution in [-0.2, 0) is 0 Å². The summed E-state index contributed by atoms with van der Waals surface area (Å²) in [5.74, 6) is -0.301. The van der Waals surface area contributed by atoms with Crippen LogP contribution in [0.25, 0.3) is 0 Å². The lowest BCUT2D eigenvalue weighted by molar-refractivity contribution is 0.627. The van der Waals surface area contributed by atoms with Gasteiger partial charge in [-0.15, -0.1) is 11.3 Å². The summed E-state index contributed by atoms with van der Waals surface area (Å²) >= 11 is 26.0. The smallest absolute Gasteiger partial charge is 0.185 e. The highest BCUT2D eigenvalue weighted by molar-refractivity contribution is 7.16. The summed E-state index contributed by atoms with van der Waals surface area (Å²) in [5.41, 5.74) is 2.33. The quantitative estimate of drug-likeness (QED) is 0.411. The van der Waals surface area contributed by atoms with Gasteiger partial charge in [0, 0.05) is 16.5 Å². The van der Waals surface area contributed by atoms with Crippen LogP contribution in [0.1, 0.15) is 22.9 Å². The average Bonchev–Trinajstić information content (AvgIpc) is 3.17. The van der Waals surface area contributed by atoms with Crippen molar-refractivity contribution in [3.63, 3.8) is 0 Å². The number of hydrogen-bond acceptors (Lipinski definition) is 4. The Morgan fingerprint density at radius 1 is 1.00 bits per heavy atom. The molecule has 9 heteroatoms. The maximum Gasteiger partial charge on any atom is 0.185 e. The molecule has 4 rings (SSSR count). The van der Waals surface area contributed by atoms with Crippen LogP contribution in [0.4, 0.5) is 10.1 Å². The third-order valence-electron chi connectivity index (χ3n) is 4.09. The van der Waals surface area contributed by atoms with E-state index in [2.05, 4.69) is 4.98 Å². The molecule has 2 aromatic carbocycles. The molecule has 1 unspecified atom stereocenters. The monoisotopic (exact) mass is 459 g/mol. The highest BCUT2D eigenvalue weighted by atomic mass is 35.5. The number of aromatic nitrogens is 1. The first kappa shape index (κ1) is 19.0. The summed E-state index contributed by atoms with van der Waals surface area (Å²) in [5, 5.41) is 7.86. The third-order valence-corrected chi connectivity index (χ3v) is 6.18. The summed E-state index contributed by atoms with van der Waals surface area (Å²) in [6, 6.07) is 11.2. The van der Waals surface area contributed by atoms with Crippen molar-refractivity contribution in [3.8, 4) is 0 Å². The Hall–Kier alpha value is -1.37. The largest absolute Gasteiger partial charge is 0.256 e. The topological polar surface area (TPSA) is 28.5 Å². The molecule has 0 fully saturated rings. The zero-order valence-corrected chi connectivity index (χ0v) is 17.3. The van der Waals surface area contributed by atoms with E-state index in [0.29, 0.717) is 26.1 Å². The number of halogens is 5. The fourth-order valence-electron chi connectivity index (χ4n) is 2.93. The van der Waals surface area contributed by atoms with Gasteiger partial charge in [-0.3, -0.25) is 5.01 Å². The first-order chi connectivity index (χ1) is 12.9. The molecule has 3 aromatic rings. The normalized spacial score (nSPS) is 16.7. The van der Waals surface area contributed by atoms with E-state index >= 15 is 0 Å². The number of thiazole rings is 1. The Kier molecular flexibility index (Phi) is 5.32. The summed E-state index contributed by atoms with van der Waals surface area (Å²) in [6.45, 7) is 0. The van der Waals surface area contributed by atoms with Gasteiger partial charge in [0.2, 0.25) is 0 Å². The third kappa shape index (κ3) is 3.93. The van der Waals surface area contributed by atoms with Crippen LogP contribution in [0.5, 0.6) is 0 Å². The van der Waals surface area contributed by atoms with Gasteiger partial charge in [-0.05, 0) is 35.9 Å². The summed E-state index contributed by atoms with van der Waals surface area (Å²) in [7, 11) is 0. The van der Waals surface area contributed by atoms with E-state index in [4.69, 9.17) is 51.5 Å². The van der Waals surface area contributed by atoms with Crippen molar-refractivity contribution in [3.05, 3.63) is 78.4 Å². The van der Waals surface area contributed by atoms with Gasteiger partial charge >= 0.3 is 0 Å². The minimum absolute atomic E-state index is 0.225.